The molecule has 0 atom stereocenters. The number of carboxylic acid groups (broad SMARTS) is 1. The van der Waals surface area contributed by atoms with Crippen LogP contribution in [-0.2, 0) is 9.47 Å². The van der Waals surface area contributed by atoms with E-state index in [9.17, 15) is 14.7 Å². The van der Waals surface area contributed by atoms with Gasteiger partial charge in [0, 0.05) is 46.3 Å². The molecule has 8 nitrogen and oxygen atoms in total. The highest BCUT2D eigenvalue weighted by atomic mass is 16.6. The maximum atomic E-state index is 11.9. The van der Waals surface area contributed by atoms with Crippen molar-refractivity contribution >= 4 is 12.2 Å². The van der Waals surface area contributed by atoms with Crippen LogP contribution in [0.25, 0.3) is 0 Å². The molecule has 1 saturated heterocycles. The first-order chi connectivity index (χ1) is 11.2. The van der Waals surface area contributed by atoms with Crippen LogP contribution in [0.4, 0.5) is 9.59 Å². The largest absolute Gasteiger partial charge is 0.465 e. The fourth-order valence-electron chi connectivity index (χ4n) is 2.31. The van der Waals surface area contributed by atoms with Crippen molar-refractivity contribution < 1.29 is 24.2 Å². The van der Waals surface area contributed by atoms with Gasteiger partial charge in [-0.25, -0.2) is 9.59 Å². The second-order valence-electron chi connectivity index (χ2n) is 6.98. The van der Waals surface area contributed by atoms with E-state index in [4.69, 9.17) is 9.47 Å². The van der Waals surface area contributed by atoms with Crippen LogP contribution < -0.4 is 0 Å². The minimum atomic E-state index is -0.963. The molecule has 1 fully saturated rings. The Morgan fingerprint density at radius 1 is 1.17 bits per heavy atom. The molecule has 1 heterocycles. The molecule has 0 aromatic carbocycles. The third-order valence-corrected chi connectivity index (χ3v) is 3.69. The van der Waals surface area contributed by atoms with Crippen LogP contribution in [0.1, 0.15) is 27.2 Å². The lowest BCUT2D eigenvalue weighted by atomic mass is 10.2. The van der Waals surface area contributed by atoms with E-state index in [1.54, 1.807) is 27.8 Å². The lowest BCUT2D eigenvalue weighted by Gasteiger charge is -2.28. The third-order valence-electron chi connectivity index (χ3n) is 3.69. The van der Waals surface area contributed by atoms with Gasteiger partial charge < -0.3 is 24.4 Å². The van der Waals surface area contributed by atoms with Crippen LogP contribution in [0, 0.1) is 0 Å². The number of carbonyl (C=O) groups is 2. The van der Waals surface area contributed by atoms with Gasteiger partial charge in [-0.3, -0.25) is 4.90 Å². The van der Waals surface area contributed by atoms with E-state index >= 15 is 0 Å². The molecule has 0 aromatic heterocycles. The number of likely N-dealkylation sites (N-methyl/N-ethyl adjacent to an activating group) is 1. The molecule has 0 unspecified atom stereocenters. The van der Waals surface area contributed by atoms with Gasteiger partial charge in [-0.1, -0.05) is 0 Å². The number of nitrogens with zero attached hydrogens (tertiary/aromatic N) is 3. The summed E-state index contributed by atoms with van der Waals surface area (Å²) in [4.78, 5) is 28.3. The Bertz CT molecular complexity index is 405. The van der Waals surface area contributed by atoms with Crippen molar-refractivity contribution in [3.63, 3.8) is 0 Å². The summed E-state index contributed by atoms with van der Waals surface area (Å²) in [6, 6.07) is 0. The summed E-state index contributed by atoms with van der Waals surface area (Å²) in [6.07, 6.45) is -0.640. The van der Waals surface area contributed by atoms with Crippen molar-refractivity contribution in [1.29, 1.82) is 0 Å². The smallest absolute Gasteiger partial charge is 0.410 e. The molecule has 1 aliphatic rings. The van der Waals surface area contributed by atoms with Crippen LogP contribution in [0.15, 0.2) is 0 Å². The molecule has 2 amide bonds. The molecule has 140 valence electrons. The van der Waals surface area contributed by atoms with Crippen molar-refractivity contribution in [2.24, 2.45) is 0 Å². The van der Waals surface area contributed by atoms with Gasteiger partial charge in [0.25, 0.3) is 0 Å². The zero-order chi connectivity index (χ0) is 18.2. The highest BCUT2D eigenvalue weighted by Crippen LogP contribution is 2.09. The topological polar surface area (TPSA) is 82.5 Å². The van der Waals surface area contributed by atoms with E-state index in [-0.39, 0.29) is 6.54 Å². The fraction of sp³-hybridized carbons (Fsp3) is 0.875. The summed E-state index contributed by atoms with van der Waals surface area (Å²) in [6.45, 7) is 10.6. The predicted molar refractivity (Wildman–Crippen MR) is 90.3 cm³/mol. The maximum absolute atomic E-state index is 11.9. The Balaban J connectivity index is 2.31. The molecule has 0 saturated carbocycles. The fourth-order valence-corrected chi connectivity index (χ4v) is 2.31. The second-order valence-corrected chi connectivity index (χ2v) is 6.98. The number of hydrogen-bond acceptors (Lipinski definition) is 5. The van der Waals surface area contributed by atoms with Crippen molar-refractivity contribution in [1.82, 2.24) is 14.7 Å². The second kappa shape index (κ2) is 9.68. The Hall–Kier alpha value is -1.54. The number of rotatable bonds is 7. The molecular formula is C16H31N3O5. The summed E-state index contributed by atoms with van der Waals surface area (Å²) >= 11 is 0. The standard InChI is InChI=1S/C16H31N3O5/c1-16(2,3)24-15(22)17(4)8-9-19(14(20)21)7-5-6-18-10-12-23-13-11-18/h5-13H2,1-4H3,(H,20,21). The van der Waals surface area contributed by atoms with Crippen molar-refractivity contribution in [3.8, 4) is 0 Å². The first-order valence-electron chi connectivity index (χ1n) is 8.41. The molecule has 24 heavy (non-hydrogen) atoms. The molecule has 0 aromatic rings. The van der Waals surface area contributed by atoms with Gasteiger partial charge >= 0.3 is 12.2 Å². The average molecular weight is 345 g/mol. The summed E-state index contributed by atoms with van der Waals surface area (Å²) in [5.74, 6) is 0. The number of ether oxygens (including phenoxy) is 2. The summed E-state index contributed by atoms with van der Waals surface area (Å²) in [7, 11) is 1.61. The molecule has 8 heteroatoms. The Kier molecular flexibility index (Phi) is 8.27. The lowest BCUT2D eigenvalue weighted by Crippen LogP contribution is -2.42. The van der Waals surface area contributed by atoms with Crippen molar-refractivity contribution in [3.05, 3.63) is 0 Å². The third kappa shape index (κ3) is 8.35. The van der Waals surface area contributed by atoms with E-state index in [1.807, 2.05) is 0 Å². The van der Waals surface area contributed by atoms with E-state index in [0.717, 1.165) is 39.3 Å². The van der Waals surface area contributed by atoms with E-state index in [0.29, 0.717) is 13.1 Å². The van der Waals surface area contributed by atoms with Crippen LogP contribution in [0.5, 0.6) is 0 Å². The van der Waals surface area contributed by atoms with Crippen LogP contribution in [0.3, 0.4) is 0 Å². The van der Waals surface area contributed by atoms with Gasteiger partial charge in [-0.2, -0.15) is 0 Å². The molecule has 0 spiro atoms. The number of amides is 2. The highest BCUT2D eigenvalue weighted by Gasteiger charge is 2.21. The van der Waals surface area contributed by atoms with Gasteiger partial charge in [0.05, 0.1) is 13.2 Å². The van der Waals surface area contributed by atoms with Gasteiger partial charge in [0.15, 0.2) is 0 Å². The first-order valence-corrected chi connectivity index (χ1v) is 8.41. The van der Waals surface area contributed by atoms with Gasteiger partial charge in [0.1, 0.15) is 5.60 Å². The van der Waals surface area contributed by atoms with Gasteiger partial charge in [-0.05, 0) is 27.2 Å². The van der Waals surface area contributed by atoms with Crippen LogP contribution in [0.2, 0.25) is 0 Å². The van der Waals surface area contributed by atoms with Crippen molar-refractivity contribution in [2.45, 2.75) is 32.8 Å². The quantitative estimate of drug-likeness (QED) is 0.754. The predicted octanol–water partition coefficient (Wildman–Crippen LogP) is 1.56. The minimum absolute atomic E-state index is 0.272. The molecule has 0 radical (unpaired) electrons. The summed E-state index contributed by atoms with van der Waals surface area (Å²) in [5.41, 5.74) is -0.560. The number of carbonyl (C=O) groups excluding carboxylic acids is 1. The highest BCUT2D eigenvalue weighted by molar-refractivity contribution is 5.68. The lowest BCUT2D eigenvalue weighted by molar-refractivity contribution is 0.0276. The Morgan fingerprint density at radius 2 is 1.79 bits per heavy atom. The molecule has 1 rings (SSSR count). The zero-order valence-electron chi connectivity index (χ0n) is 15.3. The van der Waals surface area contributed by atoms with Crippen molar-refractivity contribution in [2.75, 3.05) is 59.5 Å². The average Bonchev–Trinajstić information content (AvgIpc) is 2.49. The molecule has 0 aliphatic carbocycles. The van der Waals surface area contributed by atoms with Gasteiger partial charge in [0.2, 0.25) is 0 Å². The SMILES string of the molecule is CN(CCN(CCCN1CCOCC1)C(=O)O)C(=O)OC(C)(C)C. The molecule has 0 bridgehead atoms. The number of hydrogen-bond donors (Lipinski definition) is 1. The number of morpholine rings is 1. The monoisotopic (exact) mass is 345 g/mol. The van der Waals surface area contributed by atoms with E-state index < -0.39 is 17.8 Å². The normalized spacial score (nSPS) is 15.8. The summed E-state index contributed by atoms with van der Waals surface area (Å²) in [5, 5.41) is 9.31. The first kappa shape index (κ1) is 20.5. The van der Waals surface area contributed by atoms with Crippen LogP contribution in [-0.4, -0.2) is 97.1 Å². The van der Waals surface area contributed by atoms with E-state index in [2.05, 4.69) is 4.90 Å². The molecule has 1 aliphatic heterocycles. The zero-order valence-corrected chi connectivity index (χ0v) is 15.3. The maximum Gasteiger partial charge on any atom is 0.410 e. The van der Waals surface area contributed by atoms with E-state index in [1.165, 1.54) is 9.80 Å². The van der Waals surface area contributed by atoms with Gasteiger partial charge in [-0.15, -0.1) is 0 Å². The Labute approximate surface area is 144 Å². The summed E-state index contributed by atoms with van der Waals surface area (Å²) < 4.78 is 10.5. The Morgan fingerprint density at radius 3 is 2.33 bits per heavy atom. The van der Waals surface area contributed by atoms with Crippen LogP contribution >= 0.6 is 0 Å². The molecular weight excluding hydrogens is 314 g/mol. The molecule has 1 N–H and O–H groups in total. The minimum Gasteiger partial charge on any atom is -0.465 e.